The second-order valence-corrected chi connectivity index (χ2v) is 6.46. The van der Waals surface area contributed by atoms with Crippen LogP contribution in [-0.2, 0) is 4.79 Å². The van der Waals surface area contributed by atoms with Crippen LogP contribution in [0.4, 0.5) is 5.69 Å². The molecule has 3 aromatic rings. The molecule has 1 aromatic carbocycles. The van der Waals surface area contributed by atoms with Gasteiger partial charge in [0.1, 0.15) is 0 Å². The monoisotopic (exact) mass is 360 g/mol. The average molecular weight is 361 g/mol. The second-order valence-electron chi connectivity index (χ2n) is 5.22. The molecule has 0 unspecified atom stereocenters. The topological polar surface area (TPSA) is 49.6 Å². The Hall–Kier alpha value is -2.31. The Morgan fingerprint density at radius 2 is 2.21 bits per heavy atom. The molecule has 5 nitrogen and oxygen atoms in total. The fraction of sp³-hybridized carbons (Fsp3) is 0.176. The third kappa shape index (κ3) is 3.77. The maximum absolute atomic E-state index is 12.0. The number of hydrogen-bond donors (Lipinski definition) is 1. The number of benzene rings is 1. The molecule has 0 aliphatic heterocycles. The van der Waals surface area contributed by atoms with Gasteiger partial charge in [-0.05, 0) is 18.2 Å². The summed E-state index contributed by atoms with van der Waals surface area (Å²) >= 11 is 7.59. The van der Waals surface area contributed by atoms with E-state index < -0.39 is 0 Å². The number of amides is 1. The molecule has 0 saturated heterocycles. The highest BCUT2D eigenvalue weighted by Gasteiger charge is 2.08. The molecule has 0 atom stereocenters. The first-order chi connectivity index (χ1) is 11.6. The molecule has 0 fully saturated rings. The van der Waals surface area contributed by atoms with Crippen molar-refractivity contribution in [3.63, 3.8) is 0 Å². The molecule has 24 heavy (non-hydrogen) atoms. The van der Waals surface area contributed by atoms with E-state index in [-0.39, 0.29) is 5.91 Å². The summed E-state index contributed by atoms with van der Waals surface area (Å²) in [6, 6.07) is 10.0. The van der Waals surface area contributed by atoms with Crippen molar-refractivity contribution in [3.8, 4) is 0 Å². The van der Waals surface area contributed by atoms with Crippen molar-refractivity contribution in [3.05, 3.63) is 58.8 Å². The predicted octanol–water partition coefficient (Wildman–Crippen LogP) is 3.32. The Balaban J connectivity index is 1.52. The van der Waals surface area contributed by atoms with E-state index in [1.165, 1.54) is 17.4 Å². The van der Waals surface area contributed by atoms with Crippen LogP contribution in [-0.4, -0.2) is 35.4 Å². The van der Waals surface area contributed by atoms with Gasteiger partial charge in [0.25, 0.3) is 0 Å². The average Bonchev–Trinajstić information content (AvgIpc) is 3.14. The number of aromatic nitrogens is 2. The lowest BCUT2D eigenvalue weighted by Gasteiger charge is -2.19. The maximum Gasteiger partial charge on any atom is 0.244 e. The first kappa shape index (κ1) is 16.5. The number of para-hydroxylation sites is 1. The van der Waals surface area contributed by atoms with E-state index in [4.69, 9.17) is 11.6 Å². The van der Waals surface area contributed by atoms with E-state index in [9.17, 15) is 4.79 Å². The quantitative estimate of drug-likeness (QED) is 0.686. The summed E-state index contributed by atoms with van der Waals surface area (Å²) in [5, 5.41) is 5.19. The number of hydrogen-bond acceptors (Lipinski definition) is 4. The summed E-state index contributed by atoms with van der Waals surface area (Å²) in [6.07, 6.45) is 5.05. The van der Waals surface area contributed by atoms with Crippen LogP contribution < -0.4 is 10.2 Å². The van der Waals surface area contributed by atoms with E-state index in [0.29, 0.717) is 17.4 Å². The molecule has 0 radical (unpaired) electrons. The number of carbonyl (C=O) groups is 1. The maximum atomic E-state index is 12.0. The first-order valence-electron chi connectivity index (χ1n) is 7.48. The van der Waals surface area contributed by atoms with Crippen molar-refractivity contribution in [1.29, 1.82) is 0 Å². The third-order valence-electron chi connectivity index (χ3n) is 3.59. The number of fused-ring (bicyclic) bond motifs is 1. The molecule has 2 heterocycles. The van der Waals surface area contributed by atoms with Crippen molar-refractivity contribution in [2.24, 2.45) is 0 Å². The van der Waals surface area contributed by atoms with E-state index in [2.05, 4.69) is 15.2 Å². The van der Waals surface area contributed by atoms with Crippen LogP contribution in [0.3, 0.4) is 0 Å². The summed E-state index contributed by atoms with van der Waals surface area (Å²) in [4.78, 5) is 19.1. The predicted molar refractivity (Wildman–Crippen MR) is 99.8 cm³/mol. The zero-order valence-corrected chi connectivity index (χ0v) is 14.7. The SMILES string of the molecule is CN(CCNC(=O)/C=C/c1c(Cl)nc2sccn12)c1ccccc1. The number of thiazole rings is 1. The lowest BCUT2D eigenvalue weighted by Crippen LogP contribution is -2.31. The fourth-order valence-electron chi connectivity index (χ4n) is 2.30. The van der Waals surface area contributed by atoms with Gasteiger partial charge in [-0.25, -0.2) is 4.98 Å². The van der Waals surface area contributed by atoms with Gasteiger partial charge in [0.05, 0.1) is 5.69 Å². The van der Waals surface area contributed by atoms with Crippen LogP contribution in [0.25, 0.3) is 11.0 Å². The van der Waals surface area contributed by atoms with Crippen LogP contribution >= 0.6 is 22.9 Å². The number of rotatable bonds is 6. The molecule has 7 heteroatoms. The molecule has 0 bridgehead atoms. The minimum atomic E-state index is -0.155. The molecule has 124 valence electrons. The zero-order chi connectivity index (χ0) is 16.9. The van der Waals surface area contributed by atoms with Crippen LogP contribution in [0.1, 0.15) is 5.69 Å². The van der Waals surface area contributed by atoms with Gasteiger partial charge in [0.15, 0.2) is 10.1 Å². The summed E-state index contributed by atoms with van der Waals surface area (Å²) < 4.78 is 1.86. The summed E-state index contributed by atoms with van der Waals surface area (Å²) in [5.41, 5.74) is 1.83. The van der Waals surface area contributed by atoms with Crippen molar-refractivity contribution in [2.45, 2.75) is 0 Å². The van der Waals surface area contributed by atoms with Gasteiger partial charge in [0.2, 0.25) is 5.91 Å². The lowest BCUT2D eigenvalue weighted by molar-refractivity contribution is -0.116. The standard InChI is InChI=1S/C17H17ClN4OS/c1-21(13-5-3-2-4-6-13)10-9-19-15(23)8-7-14-16(18)20-17-22(14)11-12-24-17/h2-8,11-12H,9-10H2,1H3,(H,19,23)/b8-7+. The molecule has 0 aliphatic carbocycles. The van der Waals surface area contributed by atoms with Crippen molar-refractivity contribution < 1.29 is 4.79 Å². The van der Waals surface area contributed by atoms with E-state index in [0.717, 1.165) is 17.2 Å². The van der Waals surface area contributed by atoms with E-state index in [1.54, 1.807) is 6.08 Å². The van der Waals surface area contributed by atoms with Gasteiger partial charge in [-0.3, -0.25) is 9.20 Å². The molecule has 2 aromatic heterocycles. The minimum absolute atomic E-state index is 0.155. The third-order valence-corrected chi connectivity index (χ3v) is 4.62. The molecular weight excluding hydrogens is 344 g/mol. The van der Waals surface area contributed by atoms with Gasteiger partial charge in [-0.15, -0.1) is 11.3 Å². The van der Waals surface area contributed by atoms with Crippen LogP contribution in [0.2, 0.25) is 5.15 Å². The Morgan fingerprint density at radius 1 is 1.42 bits per heavy atom. The normalized spacial score (nSPS) is 11.2. The molecule has 3 rings (SSSR count). The fourth-order valence-corrected chi connectivity index (χ4v) is 3.30. The number of imidazole rings is 1. The van der Waals surface area contributed by atoms with Gasteiger partial charge >= 0.3 is 0 Å². The molecule has 0 saturated carbocycles. The van der Waals surface area contributed by atoms with Crippen LogP contribution in [0, 0.1) is 0 Å². The molecular formula is C17H17ClN4OS. The molecule has 1 amide bonds. The van der Waals surface area contributed by atoms with E-state index >= 15 is 0 Å². The zero-order valence-electron chi connectivity index (χ0n) is 13.1. The number of nitrogens with zero attached hydrogens (tertiary/aromatic N) is 3. The summed E-state index contributed by atoms with van der Waals surface area (Å²) in [7, 11) is 2.00. The van der Waals surface area contributed by atoms with Crippen LogP contribution in [0.15, 0.2) is 48.0 Å². The molecule has 0 aliphatic rings. The number of halogens is 1. The molecule has 1 N–H and O–H groups in total. The van der Waals surface area contributed by atoms with Gasteiger partial charge in [0, 0.05) is 43.5 Å². The Morgan fingerprint density at radius 3 is 3.00 bits per heavy atom. The van der Waals surface area contributed by atoms with E-state index in [1.807, 2.05) is 53.4 Å². The number of anilines is 1. The highest BCUT2D eigenvalue weighted by atomic mass is 35.5. The van der Waals surface area contributed by atoms with Crippen molar-refractivity contribution in [1.82, 2.24) is 14.7 Å². The first-order valence-corrected chi connectivity index (χ1v) is 8.74. The van der Waals surface area contributed by atoms with Crippen molar-refractivity contribution >= 4 is 45.6 Å². The second kappa shape index (κ2) is 7.51. The van der Waals surface area contributed by atoms with Crippen LogP contribution in [0.5, 0.6) is 0 Å². The van der Waals surface area contributed by atoms with Gasteiger partial charge in [-0.2, -0.15) is 0 Å². The smallest absolute Gasteiger partial charge is 0.244 e. The van der Waals surface area contributed by atoms with Gasteiger partial charge < -0.3 is 10.2 Å². The highest BCUT2D eigenvalue weighted by molar-refractivity contribution is 7.15. The van der Waals surface area contributed by atoms with Gasteiger partial charge in [-0.1, -0.05) is 29.8 Å². The minimum Gasteiger partial charge on any atom is -0.373 e. The summed E-state index contributed by atoms with van der Waals surface area (Å²) in [5.74, 6) is -0.155. The largest absolute Gasteiger partial charge is 0.373 e. The highest BCUT2D eigenvalue weighted by Crippen LogP contribution is 2.22. The number of likely N-dealkylation sites (N-methyl/N-ethyl adjacent to an activating group) is 1. The Labute approximate surface area is 149 Å². The number of nitrogens with one attached hydrogen (secondary N) is 1. The lowest BCUT2D eigenvalue weighted by atomic mass is 10.3. The van der Waals surface area contributed by atoms with Crippen molar-refractivity contribution in [2.75, 3.05) is 25.0 Å². The number of carbonyl (C=O) groups excluding carboxylic acids is 1. The molecule has 0 spiro atoms. The Kier molecular flexibility index (Phi) is 5.17. The Bertz CT molecular complexity index is 856. The summed E-state index contributed by atoms with van der Waals surface area (Å²) in [6.45, 7) is 1.29.